The second kappa shape index (κ2) is 8.57. The Morgan fingerprint density at radius 1 is 1.17 bits per heavy atom. The number of imidazole rings is 1. The number of rotatable bonds is 5. The third-order valence-corrected chi connectivity index (χ3v) is 5.02. The van der Waals surface area contributed by atoms with E-state index < -0.39 is 0 Å². The third kappa shape index (κ3) is 4.43. The average molecular weight is 387 g/mol. The summed E-state index contributed by atoms with van der Waals surface area (Å²) in [7, 11) is 0. The van der Waals surface area contributed by atoms with Gasteiger partial charge in [0, 0.05) is 56.6 Å². The molecule has 2 aromatic heterocycles. The van der Waals surface area contributed by atoms with Crippen LogP contribution >= 0.6 is 0 Å². The zero-order chi connectivity index (χ0) is 20.1. The Kier molecular flexibility index (Phi) is 5.52. The van der Waals surface area contributed by atoms with Crippen LogP contribution in [0.5, 0.6) is 5.88 Å². The highest BCUT2D eigenvalue weighted by atomic mass is 16.5. The molecule has 1 saturated heterocycles. The molecule has 7 heteroatoms. The Labute approximate surface area is 169 Å². The molecule has 1 amide bonds. The fourth-order valence-corrected chi connectivity index (χ4v) is 3.43. The fourth-order valence-electron chi connectivity index (χ4n) is 3.43. The highest BCUT2D eigenvalue weighted by Gasteiger charge is 2.25. The van der Waals surface area contributed by atoms with Gasteiger partial charge in [-0.25, -0.2) is 9.97 Å². The first kappa shape index (κ1) is 18.7. The van der Waals surface area contributed by atoms with Crippen LogP contribution in [0.4, 0.5) is 0 Å². The molecule has 1 aliphatic rings. The molecule has 1 fully saturated rings. The second-order valence-electron chi connectivity index (χ2n) is 7.01. The first-order chi connectivity index (χ1) is 14.2. The van der Waals surface area contributed by atoms with Gasteiger partial charge in [-0.1, -0.05) is 12.1 Å². The predicted molar refractivity (Wildman–Crippen MR) is 106 cm³/mol. The highest BCUT2D eigenvalue weighted by molar-refractivity contribution is 5.94. The molecule has 3 aromatic rings. The number of hydrogen-bond acceptors (Lipinski definition) is 5. The van der Waals surface area contributed by atoms with Crippen LogP contribution in [-0.2, 0) is 6.54 Å². The molecular formula is C22H21N5O2. The lowest BCUT2D eigenvalue weighted by Gasteiger charge is -2.32. The van der Waals surface area contributed by atoms with E-state index in [4.69, 9.17) is 10.00 Å². The van der Waals surface area contributed by atoms with E-state index in [0.717, 1.165) is 12.1 Å². The number of carbonyl (C=O) groups excluding carboxylic acids is 1. The third-order valence-electron chi connectivity index (χ3n) is 5.02. The van der Waals surface area contributed by atoms with Crippen molar-refractivity contribution in [2.24, 2.45) is 0 Å². The van der Waals surface area contributed by atoms with Crippen molar-refractivity contribution in [2.75, 3.05) is 13.1 Å². The van der Waals surface area contributed by atoms with Crippen LogP contribution in [0.1, 0.15) is 34.3 Å². The van der Waals surface area contributed by atoms with E-state index in [-0.39, 0.29) is 12.0 Å². The summed E-state index contributed by atoms with van der Waals surface area (Å²) in [5.74, 6) is 0.404. The molecule has 0 radical (unpaired) electrons. The van der Waals surface area contributed by atoms with Crippen LogP contribution in [-0.4, -0.2) is 44.5 Å². The standard InChI is InChI=1S/C22H21N5O2/c23-14-19-2-1-9-25-21(19)29-20-7-11-27(12-8-20)22(28)18-5-3-17(4-6-18)15-26-13-10-24-16-26/h1-6,9-10,13,16,20H,7-8,11-12,15H2. The minimum absolute atomic E-state index is 0.0354. The van der Waals surface area contributed by atoms with Crippen LogP contribution in [0.25, 0.3) is 0 Å². The summed E-state index contributed by atoms with van der Waals surface area (Å²) in [6.45, 7) is 1.97. The molecule has 1 aromatic carbocycles. The van der Waals surface area contributed by atoms with Crippen LogP contribution in [0, 0.1) is 11.3 Å². The van der Waals surface area contributed by atoms with E-state index in [0.29, 0.717) is 42.9 Å². The molecule has 0 atom stereocenters. The molecule has 0 unspecified atom stereocenters. The maximum absolute atomic E-state index is 12.8. The van der Waals surface area contributed by atoms with Crippen molar-refractivity contribution in [3.8, 4) is 11.9 Å². The molecular weight excluding hydrogens is 366 g/mol. The van der Waals surface area contributed by atoms with E-state index in [2.05, 4.69) is 16.0 Å². The van der Waals surface area contributed by atoms with E-state index in [1.54, 1.807) is 30.9 Å². The maximum Gasteiger partial charge on any atom is 0.253 e. The van der Waals surface area contributed by atoms with Crippen molar-refractivity contribution in [2.45, 2.75) is 25.5 Å². The Morgan fingerprint density at radius 3 is 2.66 bits per heavy atom. The number of piperidine rings is 1. The number of benzene rings is 1. The molecule has 0 N–H and O–H groups in total. The summed E-state index contributed by atoms with van der Waals surface area (Å²) < 4.78 is 7.88. The van der Waals surface area contributed by atoms with Crippen molar-refractivity contribution >= 4 is 5.91 Å². The number of nitrogens with zero attached hydrogens (tertiary/aromatic N) is 5. The van der Waals surface area contributed by atoms with Crippen LogP contribution in [0.15, 0.2) is 61.3 Å². The van der Waals surface area contributed by atoms with E-state index in [9.17, 15) is 4.79 Å². The molecule has 0 spiro atoms. The zero-order valence-electron chi connectivity index (χ0n) is 15.9. The summed E-state index contributed by atoms with van der Waals surface area (Å²) in [6.07, 6.45) is 8.44. The maximum atomic E-state index is 12.8. The van der Waals surface area contributed by atoms with E-state index >= 15 is 0 Å². The average Bonchev–Trinajstić information content (AvgIpc) is 3.28. The highest BCUT2D eigenvalue weighted by Crippen LogP contribution is 2.21. The number of likely N-dealkylation sites (tertiary alicyclic amines) is 1. The summed E-state index contributed by atoms with van der Waals surface area (Å²) in [6, 6.07) is 13.2. The lowest BCUT2D eigenvalue weighted by Crippen LogP contribution is -2.41. The molecule has 1 aliphatic heterocycles. The number of hydrogen-bond donors (Lipinski definition) is 0. The summed E-state index contributed by atoms with van der Waals surface area (Å²) in [5, 5.41) is 9.15. The summed E-state index contributed by atoms with van der Waals surface area (Å²) in [4.78, 5) is 22.9. The number of aromatic nitrogens is 3. The lowest BCUT2D eigenvalue weighted by atomic mass is 10.1. The molecule has 4 rings (SSSR count). The minimum Gasteiger partial charge on any atom is -0.473 e. The fraction of sp³-hybridized carbons (Fsp3) is 0.273. The second-order valence-corrected chi connectivity index (χ2v) is 7.01. The van der Waals surface area contributed by atoms with Gasteiger partial charge in [-0.05, 0) is 29.8 Å². The first-order valence-corrected chi connectivity index (χ1v) is 9.58. The van der Waals surface area contributed by atoms with Crippen molar-refractivity contribution in [3.63, 3.8) is 0 Å². The molecule has 7 nitrogen and oxygen atoms in total. The van der Waals surface area contributed by atoms with Gasteiger partial charge in [-0.2, -0.15) is 5.26 Å². The van der Waals surface area contributed by atoms with Gasteiger partial charge in [0.15, 0.2) is 0 Å². The normalized spacial score (nSPS) is 14.4. The monoisotopic (exact) mass is 387 g/mol. The molecule has 3 heterocycles. The van der Waals surface area contributed by atoms with Gasteiger partial charge in [0.1, 0.15) is 17.7 Å². The van der Waals surface area contributed by atoms with Crippen molar-refractivity contribution < 1.29 is 9.53 Å². The topological polar surface area (TPSA) is 84.0 Å². The van der Waals surface area contributed by atoms with Gasteiger partial charge in [0.2, 0.25) is 5.88 Å². The Balaban J connectivity index is 1.32. The number of nitriles is 1. The Bertz CT molecular complexity index is 1000. The molecule has 29 heavy (non-hydrogen) atoms. The first-order valence-electron chi connectivity index (χ1n) is 9.58. The van der Waals surface area contributed by atoms with Crippen LogP contribution < -0.4 is 4.74 Å². The van der Waals surface area contributed by atoms with Crippen LogP contribution in [0.3, 0.4) is 0 Å². The van der Waals surface area contributed by atoms with Crippen molar-refractivity contribution in [3.05, 3.63) is 78.0 Å². The Hall–Kier alpha value is -3.66. The SMILES string of the molecule is N#Cc1cccnc1OC1CCN(C(=O)c2ccc(Cn3ccnc3)cc2)CC1. The van der Waals surface area contributed by atoms with Gasteiger partial charge >= 0.3 is 0 Å². The lowest BCUT2D eigenvalue weighted by molar-refractivity contribution is 0.0587. The van der Waals surface area contributed by atoms with Gasteiger partial charge in [-0.3, -0.25) is 4.79 Å². The number of carbonyl (C=O) groups is 1. The van der Waals surface area contributed by atoms with Crippen molar-refractivity contribution in [1.29, 1.82) is 5.26 Å². The van der Waals surface area contributed by atoms with Crippen molar-refractivity contribution in [1.82, 2.24) is 19.4 Å². The summed E-state index contributed by atoms with van der Waals surface area (Å²) in [5.41, 5.74) is 2.24. The van der Waals surface area contributed by atoms with E-state index in [1.807, 2.05) is 39.9 Å². The molecule has 146 valence electrons. The Morgan fingerprint density at radius 2 is 1.97 bits per heavy atom. The van der Waals surface area contributed by atoms with Gasteiger partial charge < -0.3 is 14.2 Å². The molecule has 0 saturated carbocycles. The molecule has 0 bridgehead atoms. The number of amides is 1. The smallest absolute Gasteiger partial charge is 0.253 e. The zero-order valence-corrected chi connectivity index (χ0v) is 15.9. The quantitative estimate of drug-likeness (QED) is 0.672. The van der Waals surface area contributed by atoms with Crippen LogP contribution in [0.2, 0.25) is 0 Å². The predicted octanol–water partition coefficient (Wildman–Crippen LogP) is 2.88. The largest absolute Gasteiger partial charge is 0.473 e. The number of pyridine rings is 1. The minimum atomic E-state index is -0.0430. The van der Waals surface area contributed by atoms with Gasteiger partial charge in [-0.15, -0.1) is 0 Å². The van der Waals surface area contributed by atoms with Gasteiger partial charge in [0.05, 0.1) is 6.33 Å². The number of ether oxygens (including phenoxy) is 1. The molecule has 0 aliphatic carbocycles. The summed E-state index contributed by atoms with van der Waals surface area (Å²) >= 11 is 0. The van der Waals surface area contributed by atoms with E-state index in [1.165, 1.54) is 0 Å². The van der Waals surface area contributed by atoms with Gasteiger partial charge in [0.25, 0.3) is 5.91 Å².